The van der Waals surface area contributed by atoms with Crippen LogP contribution < -0.4 is 5.32 Å². The molecule has 1 aliphatic carbocycles. The Morgan fingerprint density at radius 2 is 2.06 bits per heavy atom. The van der Waals surface area contributed by atoms with E-state index in [0.29, 0.717) is 22.2 Å². The fourth-order valence-corrected chi connectivity index (χ4v) is 2.35. The first-order chi connectivity index (χ1) is 8.08. The van der Waals surface area contributed by atoms with Crippen LogP contribution in [0.3, 0.4) is 0 Å². The maximum Gasteiger partial charge on any atom is 0.230 e. The zero-order valence-corrected chi connectivity index (χ0v) is 10.6. The molecular formula is C12H13Cl2NO2. The number of anilines is 1. The Morgan fingerprint density at radius 3 is 2.65 bits per heavy atom. The van der Waals surface area contributed by atoms with Crippen LogP contribution in [0.4, 0.5) is 5.69 Å². The first-order valence-electron chi connectivity index (χ1n) is 5.52. The number of hydrogen-bond donors (Lipinski definition) is 2. The molecule has 0 aliphatic heterocycles. The first kappa shape index (κ1) is 12.7. The lowest BCUT2D eigenvalue weighted by Crippen LogP contribution is -2.28. The SMILES string of the molecule is O=C(Nc1ccc(Cl)c(Cl)c1)C1CCCC1O. The first-order valence-corrected chi connectivity index (χ1v) is 6.27. The summed E-state index contributed by atoms with van der Waals surface area (Å²) in [7, 11) is 0. The molecule has 1 amide bonds. The monoisotopic (exact) mass is 273 g/mol. The van der Waals surface area contributed by atoms with Gasteiger partial charge in [0, 0.05) is 5.69 Å². The number of carbonyl (C=O) groups excluding carboxylic acids is 1. The van der Waals surface area contributed by atoms with Gasteiger partial charge < -0.3 is 10.4 Å². The second-order valence-electron chi connectivity index (χ2n) is 4.22. The number of aliphatic hydroxyl groups is 1. The molecule has 1 aliphatic rings. The van der Waals surface area contributed by atoms with Gasteiger partial charge in [-0.1, -0.05) is 23.2 Å². The predicted octanol–water partition coefficient (Wildman–Crippen LogP) is 3.09. The number of amides is 1. The molecule has 0 saturated heterocycles. The Bertz CT molecular complexity index is 437. The molecule has 1 aromatic carbocycles. The number of rotatable bonds is 2. The molecule has 2 rings (SSSR count). The van der Waals surface area contributed by atoms with Gasteiger partial charge in [-0.3, -0.25) is 4.79 Å². The summed E-state index contributed by atoms with van der Waals surface area (Å²) < 4.78 is 0. The molecule has 1 saturated carbocycles. The number of aliphatic hydroxyl groups excluding tert-OH is 1. The molecular weight excluding hydrogens is 261 g/mol. The zero-order valence-electron chi connectivity index (χ0n) is 9.12. The average Bonchev–Trinajstić information content (AvgIpc) is 2.70. The number of nitrogens with one attached hydrogen (secondary N) is 1. The molecule has 92 valence electrons. The van der Waals surface area contributed by atoms with E-state index in [1.165, 1.54) is 0 Å². The molecule has 2 atom stereocenters. The molecule has 2 N–H and O–H groups in total. The standard InChI is InChI=1S/C12H13Cl2NO2/c13-9-5-4-7(6-10(9)14)15-12(17)8-2-1-3-11(8)16/h4-6,8,11,16H,1-3H2,(H,15,17). The van der Waals surface area contributed by atoms with E-state index in [4.69, 9.17) is 23.2 Å². The molecule has 17 heavy (non-hydrogen) atoms. The molecule has 1 aromatic rings. The maximum absolute atomic E-state index is 11.9. The topological polar surface area (TPSA) is 49.3 Å². The van der Waals surface area contributed by atoms with E-state index in [2.05, 4.69) is 5.32 Å². The fraction of sp³-hybridized carbons (Fsp3) is 0.417. The van der Waals surface area contributed by atoms with Crippen molar-refractivity contribution in [2.45, 2.75) is 25.4 Å². The van der Waals surface area contributed by atoms with Crippen LogP contribution in [0.25, 0.3) is 0 Å². The third-order valence-electron chi connectivity index (χ3n) is 3.00. The van der Waals surface area contributed by atoms with Crippen molar-refractivity contribution in [3.8, 4) is 0 Å². The summed E-state index contributed by atoms with van der Waals surface area (Å²) in [5.41, 5.74) is 0.600. The summed E-state index contributed by atoms with van der Waals surface area (Å²) in [6.07, 6.45) is 1.78. The zero-order chi connectivity index (χ0) is 12.4. The fourth-order valence-electron chi connectivity index (χ4n) is 2.06. The van der Waals surface area contributed by atoms with Crippen LogP contribution in [0.2, 0.25) is 10.0 Å². The molecule has 5 heteroatoms. The Balaban J connectivity index is 2.05. The van der Waals surface area contributed by atoms with Crippen LogP contribution in [-0.4, -0.2) is 17.1 Å². The van der Waals surface area contributed by atoms with Gasteiger partial charge in [0.25, 0.3) is 0 Å². The smallest absolute Gasteiger partial charge is 0.230 e. The van der Waals surface area contributed by atoms with Crippen LogP contribution >= 0.6 is 23.2 Å². The Hall–Kier alpha value is -0.770. The van der Waals surface area contributed by atoms with E-state index in [9.17, 15) is 9.90 Å². The van der Waals surface area contributed by atoms with E-state index in [-0.39, 0.29) is 11.8 Å². The molecule has 3 nitrogen and oxygen atoms in total. The molecule has 2 unspecified atom stereocenters. The van der Waals surface area contributed by atoms with Crippen molar-refractivity contribution in [3.05, 3.63) is 28.2 Å². The van der Waals surface area contributed by atoms with E-state index in [0.717, 1.165) is 12.8 Å². The van der Waals surface area contributed by atoms with Gasteiger partial charge in [0.1, 0.15) is 0 Å². The number of carbonyl (C=O) groups is 1. The summed E-state index contributed by atoms with van der Waals surface area (Å²) in [5, 5.41) is 13.2. The number of benzene rings is 1. The lowest BCUT2D eigenvalue weighted by molar-refractivity contribution is -0.122. The van der Waals surface area contributed by atoms with E-state index >= 15 is 0 Å². The molecule has 0 aromatic heterocycles. The van der Waals surface area contributed by atoms with Crippen LogP contribution in [0.5, 0.6) is 0 Å². The van der Waals surface area contributed by atoms with Crippen molar-refractivity contribution in [3.63, 3.8) is 0 Å². The number of hydrogen-bond acceptors (Lipinski definition) is 2. The normalized spacial score (nSPS) is 23.7. The third-order valence-corrected chi connectivity index (χ3v) is 3.74. The van der Waals surface area contributed by atoms with Crippen molar-refractivity contribution in [1.82, 2.24) is 0 Å². The number of halogens is 2. The van der Waals surface area contributed by atoms with Crippen LogP contribution in [0, 0.1) is 5.92 Å². The van der Waals surface area contributed by atoms with E-state index in [1.807, 2.05) is 0 Å². The van der Waals surface area contributed by atoms with Crippen molar-refractivity contribution >= 4 is 34.8 Å². The minimum Gasteiger partial charge on any atom is -0.392 e. The molecule has 0 bridgehead atoms. The summed E-state index contributed by atoms with van der Waals surface area (Å²) in [6.45, 7) is 0. The second-order valence-corrected chi connectivity index (χ2v) is 5.04. The summed E-state index contributed by atoms with van der Waals surface area (Å²) >= 11 is 11.6. The molecule has 0 spiro atoms. The van der Waals surface area contributed by atoms with Crippen molar-refractivity contribution < 1.29 is 9.90 Å². The Morgan fingerprint density at radius 1 is 1.29 bits per heavy atom. The quantitative estimate of drug-likeness (QED) is 0.870. The third kappa shape index (κ3) is 2.92. The van der Waals surface area contributed by atoms with Gasteiger partial charge in [-0.2, -0.15) is 0 Å². The maximum atomic E-state index is 11.9. The summed E-state index contributed by atoms with van der Waals surface area (Å²) in [5.74, 6) is -0.474. The van der Waals surface area contributed by atoms with Crippen molar-refractivity contribution in [2.75, 3.05) is 5.32 Å². The van der Waals surface area contributed by atoms with E-state index < -0.39 is 6.10 Å². The van der Waals surface area contributed by atoms with Crippen LogP contribution in [0.15, 0.2) is 18.2 Å². The molecule has 0 radical (unpaired) electrons. The van der Waals surface area contributed by atoms with Gasteiger partial charge in [-0.05, 0) is 37.5 Å². The van der Waals surface area contributed by atoms with Crippen molar-refractivity contribution in [2.24, 2.45) is 5.92 Å². The highest BCUT2D eigenvalue weighted by molar-refractivity contribution is 6.42. The highest BCUT2D eigenvalue weighted by atomic mass is 35.5. The summed E-state index contributed by atoms with van der Waals surface area (Å²) in [4.78, 5) is 11.9. The summed E-state index contributed by atoms with van der Waals surface area (Å²) in [6, 6.07) is 4.92. The van der Waals surface area contributed by atoms with Gasteiger partial charge in [-0.25, -0.2) is 0 Å². The lowest BCUT2D eigenvalue weighted by atomic mass is 10.1. The highest BCUT2D eigenvalue weighted by Crippen LogP contribution is 2.28. The van der Waals surface area contributed by atoms with Gasteiger partial charge in [0.05, 0.1) is 22.1 Å². The van der Waals surface area contributed by atoms with Gasteiger partial charge in [-0.15, -0.1) is 0 Å². The van der Waals surface area contributed by atoms with Gasteiger partial charge in [0.2, 0.25) is 5.91 Å². The Kier molecular flexibility index (Phi) is 3.92. The average molecular weight is 274 g/mol. The molecule has 0 heterocycles. The van der Waals surface area contributed by atoms with E-state index in [1.54, 1.807) is 18.2 Å². The lowest BCUT2D eigenvalue weighted by Gasteiger charge is -2.14. The van der Waals surface area contributed by atoms with Crippen molar-refractivity contribution in [1.29, 1.82) is 0 Å². The predicted molar refractivity (Wildman–Crippen MR) is 68.4 cm³/mol. The molecule has 1 fully saturated rings. The van der Waals surface area contributed by atoms with Gasteiger partial charge >= 0.3 is 0 Å². The minimum absolute atomic E-state index is 0.159. The largest absolute Gasteiger partial charge is 0.392 e. The van der Waals surface area contributed by atoms with Gasteiger partial charge in [0.15, 0.2) is 0 Å². The van der Waals surface area contributed by atoms with Crippen LogP contribution in [0.1, 0.15) is 19.3 Å². The highest BCUT2D eigenvalue weighted by Gasteiger charge is 2.31. The minimum atomic E-state index is -0.530. The van der Waals surface area contributed by atoms with Crippen LogP contribution in [-0.2, 0) is 4.79 Å². The second kappa shape index (κ2) is 5.25. The Labute approximate surface area is 110 Å².